The van der Waals surface area contributed by atoms with E-state index in [2.05, 4.69) is 14.6 Å². The summed E-state index contributed by atoms with van der Waals surface area (Å²) in [6.45, 7) is 5.37. The molecule has 0 atom stereocenters. The predicted molar refractivity (Wildman–Crippen MR) is 104 cm³/mol. The quantitative estimate of drug-likeness (QED) is 0.811. The highest BCUT2D eigenvalue weighted by molar-refractivity contribution is 7.88. The molecule has 1 N–H and O–H groups in total. The summed E-state index contributed by atoms with van der Waals surface area (Å²) < 4.78 is 27.4. The van der Waals surface area contributed by atoms with Gasteiger partial charge in [0.25, 0.3) is 0 Å². The third kappa shape index (κ3) is 5.90. The van der Waals surface area contributed by atoms with Crippen LogP contribution >= 0.6 is 0 Å². The number of aromatic nitrogens is 1. The van der Waals surface area contributed by atoms with Crippen LogP contribution in [0.1, 0.15) is 29.7 Å². The number of likely N-dealkylation sites (tertiary alicyclic amines) is 1. The number of nitrogens with one attached hydrogen (secondary N) is 1. The molecule has 1 aromatic carbocycles. The van der Waals surface area contributed by atoms with Crippen LogP contribution in [0.15, 0.2) is 48.7 Å². The number of benzene rings is 1. The van der Waals surface area contributed by atoms with Crippen LogP contribution in [0, 0.1) is 12.8 Å². The van der Waals surface area contributed by atoms with Gasteiger partial charge in [-0.25, -0.2) is 13.1 Å². The molecule has 3 rings (SSSR count). The Morgan fingerprint density at radius 3 is 2.50 bits per heavy atom. The molecule has 0 aliphatic carbocycles. The maximum atomic E-state index is 12.3. The van der Waals surface area contributed by atoms with Gasteiger partial charge in [-0.2, -0.15) is 0 Å². The largest absolute Gasteiger partial charge is 0.297 e. The Hall–Kier alpha value is -1.76. The smallest absolute Gasteiger partial charge is 0.215 e. The Morgan fingerprint density at radius 1 is 1.12 bits per heavy atom. The summed E-state index contributed by atoms with van der Waals surface area (Å²) in [5, 5.41) is 0. The predicted octanol–water partition coefficient (Wildman–Crippen LogP) is 2.72. The van der Waals surface area contributed by atoms with Crippen molar-refractivity contribution in [2.24, 2.45) is 5.92 Å². The summed E-state index contributed by atoms with van der Waals surface area (Å²) in [5.74, 6) is 0.453. The topological polar surface area (TPSA) is 62.3 Å². The molecule has 1 fully saturated rings. The van der Waals surface area contributed by atoms with Crippen molar-refractivity contribution in [3.63, 3.8) is 0 Å². The molecule has 1 aromatic heterocycles. The van der Waals surface area contributed by atoms with Gasteiger partial charge in [0, 0.05) is 19.3 Å². The molecule has 0 amide bonds. The molecule has 2 heterocycles. The summed E-state index contributed by atoms with van der Waals surface area (Å²) >= 11 is 0. The van der Waals surface area contributed by atoms with Gasteiger partial charge in [0.15, 0.2) is 0 Å². The first-order valence-electron chi connectivity index (χ1n) is 9.15. The zero-order chi connectivity index (χ0) is 18.4. The molecule has 0 unspecified atom stereocenters. The van der Waals surface area contributed by atoms with Gasteiger partial charge in [-0.15, -0.1) is 0 Å². The molecule has 1 aliphatic heterocycles. The number of aryl methyl sites for hydroxylation is 1. The standard InChI is InChI=1S/C20H27N3O2S/c1-17-5-7-19(8-6-17)16-26(24,25)22-14-18-9-12-23(13-10-18)15-20-4-2-3-11-21-20/h2-8,11,18,22H,9-10,12-16H2,1H3. The van der Waals surface area contributed by atoms with Gasteiger partial charge in [0.2, 0.25) is 10.0 Å². The average Bonchev–Trinajstić information content (AvgIpc) is 2.64. The molecule has 0 radical (unpaired) electrons. The Labute approximate surface area is 156 Å². The number of rotatable bonds is 7. The molecular formula is C20H27N3O2S. The molecular weight excluding hydrogens is 346 g/mol. The number of nitrogens with zero attached hydrogens (tertiary/aromatic N) is 2. The molecule has 140 valence electrons. The van der Waals surface area contributed by atoms with E-state index < -0.39 is 10.0 Å². The van der Waals surface area contributed by atoms with Crippen LogP contribution < -0.4 is 4.72 Å². The number of pyridine rings is 1. The second-order valence-electron chi connectivity index (χ2n) is 7.13. The van der Waals surface area contributed by atoms with Crippen LogP contribution in [-0.4, -0.2) is 37.9 Å². The Balaban J connectivity index is 1.42. The molecule has 0 bridgehead atoms. The van der Waals surface area contributed by atoms with Crippen LogP contribution in [0.5, 0.6) is 0 Å². The molecule has 1 aliphatic rings. The zero-order valence-electron chi connectivity index (χ0n) is 15.3. The van der Waals surface area contributed by atoms with Crippen molar-refractivity contribution in [3.8, 4) is 0 Å². The van der Waals surface area contributed by atoms with Crippen molar-refractivity contribution in [1.29, 1.82) is 0 Å². The third-order valence-electron chi connectivity index (χ3n) is 4.89. The molecule has 26 heavy (non-hydrogen) atoms. The second kappa shape index (κ2) is 8.75. The summed E-state index contributed by atoms with van der Waals surface area (Å²) in [6, 6.07) is 13.6. The lowest BCUT2D eigenvalue weighted by Crippen LogP contribution is -2.38. The van der Waals surface area contributed by atoms with Crippen molar-refractivity contribution in [3.05, 3.63) is 65.5 Å². The van der Waals surface area contributed by atoms with Crippen LogP contribution in [0.3, 0.4) is 0 Å². The first kappa shape index (κ1) is 19.0. The average molecular weight is 374 g/mol. The van der Waals surface area contributed by atoms with E-state index in [-0.39, 0.29) is 5.75 Å². The van der Waals surface area contributed by atoms with Crippen LogP contribution in [0.25, 0.3) is 0 Å². The van der Waals surface area contributed by atoms with E-state index >= 15 is 0 Å². The van der Waals surface area contributed by atoms with Gasteiger partial charge in [-0.1, -0.05) is 35.9 Å². The SMILES string of the molecule is Cc1ccc(CS(=O)(=O)NCC2CCN(Cc3ccccn3)CC2)cc1. The van der Waals surface area contributed by atoms with E-state index in [1.54, 1.807) is 0 Å². The fraction of sp³-hybridized carbons (Fsp3) is 0.450. The maximum absolute atomic E-state index is 12.3. The van der Waals surface area contributed by atoms with Crippen molar-refractivity contribution < 1.29 is 8.42 Å². The minimum absolute atomic E-state index is 0.0474. The molecule has 5 nitrogen and oxygen atoms in total. The maximum Gasteiger partial charge on any atom is 0.215 e. The second-order valence-corrected chi connectivity index (χ2v) is 8.94. The summed E-state index contributed by atoms with van der Waals surface area (Å²) in [6.07, 6.45) is 3.85. The summed E-state index contributed by atoms with van der Waals surface area (Å²) in [4.78, 5) is 6.76. The Bertz CT molecular complexity index is 784. The van der Waals surface area contributed by atoms with Crippen LogP contribution in [-0.2, 0) is 22.3 Å². The lowest BCUT2D eigenvalue weighted by molar-refractivity contribution is 0.177. The first-order chi connectivity index (χ1) is 12.5. The van der Waals surface area contributed by atoms with Crippen LogP contribution in [0.4, 0.5) is 0 Å². The number of hydrogen-bond donors (Lipinski definition) is 1. The van der Waals surface area contributed by atoms with E-state index in [1.807, 2.05) is 55.6 Å². The highest BCUT2D eigenvalue weighted by atomic mass is 32.2. The van der Waals surface area contributed by atoms with Gasteiger partial charge in [0.1, 0.15) is 0 Å². The lowest BCUT2D eigenvalue weighted by Gasteiger charge is -2.31. The summed E-state index contributed by atoms with van der Waals surface area (Å²) in [5.41, 5.74) is 3.05. The Kier molecular flexibility index (Phi) is 6.40. The molecule has 6 heteroatoms. The monoisotopic (exact) mass is 373 g/mol. The lowest BCUT2D eigenvalue weighted by atomic mass is 9.97. The van der Waals surface area contributed by atoms with E-state index in [4.69, 9.17) is 0 Å². The normalized spacial score (nSPS) is 16.7. The highest BCUT2D eigenvalue weighted by Gasteiger charge is 2.21. The van der Waals surface area contributed by atoms with E-state index in [0.29, 0.717) is 12.5 Å². The van der Waals surface area contributed by atoms with Gasteiger partial charge in [0.05, 0.1) is 11.4 Å². The number of piperidine rings is 1. The van der Waals surface area contributed by atoms with Crippen molar-refractivity contribution in [2.75, 3.05) is 19.6 Å². The van der Waals surface area contributed by atoms with Gasteiger partial charge in [-0.3, -0.25) is 9.88 Å². The summed E-state index contributed by atoms with van der Waals surface area (Å²) in [7, 11) is -3.28. The van der Waals surface area contributed by atoms with Crippen LogP contribution in [0.2, 0.25) is 0 Å². The van der Waals surface area contributed by atoms with Gasteiger partial charge >= 0.3 is 0 Å². The van der Waals surface area contributed by atoms with Gasteiger partial charge in [-0.05, 0) is 56.5 Å². The third-order valence-corrected chi connectivity index (χ3v) is 6.21. The van der Waals surface area contributed by atoms with E-state index in [0.717, 1.165) is 49.3 Å². The minimum Gasteiger partial charge on any atom is -0.297 e. The molecule has 1 saturated heterocycles. The number of sulfonamides is 1. The van der Waals surface area contributed by atoms with Gasteiger partial charge < -0.3 is 0 Å². The zero-order valence-corrected chi connectivity index (χ0v) is 16.1. The molecule has 0 saturated carbocycles. The van der Waals surface area contributed by atoms with E-state index in [9.17, 15) is 8.42 Å². The fourth-order valence-electron chi connectivity index (χ4n) is 3.27. The first-order valence-corrected chi connectivity index (χ1v) is 10.8. The number of hydrogen-bond acceptors (Lipinski definition) is 4. The fourth-order valence-corrected chi connectivity index (χ4v) is 4.49. The highest BCUT2D eigenvalue weighted by Crippen LogP contribution is 2.18. The van der Waals surface area contributed by atoms with Crippen molar-refractivity contribution >= 4 is 10.0 Å². The Morgan fingerprint density at radius 2 is 1.85 bits per heavy atom. The van der Waals surface area contributed by atoms with Crippen molar-refractivity contribution in [2.45, 2.75) is 32.1 Å². The minimum atomic E-state index is -3.28. The van der Waals surface area contributed by atoms with Crippen molar-refractivity contribution in [1.82, 2.24) is 14.6 Å². The molecule has 0 spiro atoms. The van der Waals surface area contributed by atoms with E-state index in [1.165, 1.54) is 0 Å². The molecule has 2 aromatic rings.